The molecule has 0 bridgehead atoms. The van der Waals surface area contributed by atoms with E-state index in [0.29, 0.717) is 16.9 Å². The Labute approximate surface area is 170 Å². The van der Waals surface area contributed by atoms with Gasteiger partial charge in [-0.1, -0.05) is 30.3 Å². The maximum atomic E-state index is 12.9. The van der Waals surface area contributed by atoms with Crippen LogP contribution in [-0.2, 0) is 0 Å². The van der Waals surface area contributed by atoms with Gasteiger partial charge in [-0.25, -0.2) is 4.79 Å². The fourth-order valence-electron chi connectivity index (χ4n) is 2.89. The fraction of sp³-hybridized carbons (Fsp3) is 0.130. The summed E-state index contributed by atoms with van der Waals surface area (Å²) in [6.45, 7) is 4.10. The maximum absolute atomic E-state index is 12.9. The zero-order valence-electron chi connectivity index (χ0n) is 16.7. The third kappa shape index (κ3) is 4.93. The summed E-state index contributed by atoms with van der Waals surface area (Å²) >= 11 is 0. The standard InChI is InChI=1S/C23H24N4O2/c1-15-8-6-13-20(16(15)2)27-21-12-5-4-11-19(21)22(28)25-17-9-7-10-18(14-17)26-23(29)24-3/h4-14,27H,1-3H3,(H,25,28)(H2,24,26,29). The molecular formula is C23H24N4O2. The molecule has 0 atom stereocenters. The molecule has 29 heavy (non-hydrogen) atoms. The number of anilines is 4. The predicted molar refractivity (Wildman–Crippen MR) is 118 cm³/mol. The number of urea groups is 1. The van der Waals surface area contributed by atoms with Crippen LogP contribution in [0.25, 0.3) is 0 Å². The molecule has 0 radical (unpaired) electrons. The number of aryl methyl sites for hydroxylation is 1. The van der Waals surface area contributed by atoms with Crippen molar-refractivity contribution < 1.29 is 9.59 Å². The number of para-hydroxylation sites is 1. The van der Waals surface area contributed by atoms with E-state index in [1.807, 2.05) is 37.3 Å². The lowest BCUT2D eigenvalue weighted by molar-refractivity contribution is 0.102. The van der Waals surface area contributed by atoms with Crippen LogP contribution >= 0.6 is 0 Å². The first-order valence-corrected chi connectivity index (χ1v) is 9.30. The van der Waals surface area contributed by atoms with Gasteiger partial charge in [-0.05, 0) is 61.4 Å². The molecule has 3 aromatic rings. The molecule has 6 heteroatoms. The van der Waals surface area contributed by atoms with Gasteiger partial charge in [0.15, 0.2) is 0 Å². The minimum absolute atomic E-state index is 0.240. The third-order valence-electron chi connectivity index (χ3n) is 4.65. The lowest BCUT2D eigenvalue weighted by Crippen LogP contribution is -2.24. The van der Waals surface area contributed by atoms with Crippen LogP contribution in [0.2, 0.25) is 0 Å². The average molecular weight is 388 g/mol. The van der Waals surface area contributed by atoms with Crippen LogP contribution in [0.1, 0.15) is 21.5 Å². The number of nitrogens with one attached hydrogen (secondary N) is 4. The van der Waals surface area contributed by atoms with E-state index in [2.05, 4.69) is 34.3 Å². The van der Waals surface area contributed by atoms with Gasteiger partial charge in [0, 0.05) is 24.1 Å². The Morgan fingerprint density at radius 3 is 2.17 bits per heavy atom. The Morgan fingerprint density at radius 1 is 0.759 bits per heavy atom. The molecule has 3 amide bonds. The van der Waals surface area contributed by atoms with Crippen molar-refractivity contribution in [2.24, 2.45) is 0 Å². The van der Waals surface area contributed by atoms with Gasteiger partial charge >= 0.3 is 6.03 Å². The van der Waals surface area contributed by atoms with Gasteiger partial charge in [-0.3, -0.25) is 4.79 Å². The monoisotopic (exact) mass is 388 g/mol. The number of carbonyl (C=O) groups excluding carboxylic acids is 2. The van der Waals surface area contributed by atoms with Crippen molar-refractivity contribution in [3.8, 4) is 0 Å². The third-order valence-corrected chi connectivity index (χ3v) is 4.65. The fourth-order valence-corrected chi connectivity index (χ4v) is 2.89. The quantitative estimate of drug-likeness (QED) is 0.494. The van der Waals surface area contributed by atoms with Crippen molar-refractivity contribution in [3.63, 3.8) is 0 Å². The summed E-state index contributed by atoms with van der Waals surface area (Å²) in [5.74, 6) is -0.240. The first-order chi connectivity index (χ1) is 14.0. The molecule has 3 aromatic carbocycles. The second-order valence-electron chi connectivity index (χ2n) is 6.66. The van der Waals surface area contributed by atoms with Gasteiger partial charge in [-0.15, -0.1) is 0 Å². The molecule has 0 aliphatic heterocycles. The molecule has 0 unspecified atom stereocenters. The Kier molecular flexibility index (Phi) is 6.14. The molecular weight excluding hydrogens is 364 g/mol. The molecule has 0 spiro atoms. The Hall–Kier alpha value is -3.80. The van der Waals surface area contributed by atoms with Crippen molar-refractivity contribution in [1.82, 2.24) is 5.32 Å². The minimum atomic E-state index is -0.323. The Morgan fingerprint density at radius 2 is 1.41 bits per heavy atom. The van der Waals surface area contributed by atoms with E-state index in [9.17, 15) is 9.59 Å². The lowest BCUT2D eigenvalue weighted by Gasteiger charge is -2.15. The number of hydrogen-bond acceptors (Lipinski definition) is 3. The Balaban J connectivity index is 1.81. The zero-order chi connectivity index (χ0) is 20.8. The molecule has 0 saturated carbocycles. The molecule has 0 heterocycles. The van der Waals surface area contributed by atoms with Crippen molar-refractivity contribution in [3.05, 3.63) is 83.4 Å². The molecule has 4 N–H and O–H groups in total. The van der Waals surface area contributed by atoms with Gasteiger partial charge in [0.2, 0.25) is 0 Å². The second-order valence-corrected chi connectivity index (χ2v) is 6.66. The SMILES string of the molecule is CNC(=O)Nc1cccc(NC(=O)c2ccccc2Nc2cccc(C)c2C)c1. The largest absolute Gasteiger partial charge is 0.355 e. The Bertz CT molecular complexity index is 1050. The molecule has 0 aliphatic carbocycles. The van der Waals surface area contributed by atoms with Crippen LogP contribution in [0.15, 0.2) is 66.7 Å². The first kappa shape index (κ1) is 19.9. The topological polar surface area (TPSA) is 82.3 Å². The van der Waals surface area contributed by atoms with Crippen LogP contribution < -0.4 is 21.3 Å². The number of amides is 3. The number of benzene rings is 3. The lowest BCUT2D eigenvalue weighted by atomic mass is 10.1. The number of hydrogen-bond donors (Lipinski definition) is 4. The highest BCUT2D eigenvalue weighted by molar-refractivity contribution is 6.08. The van der Waals surface area contributed by atoms with Gasteiger partial charge in [0.05, 0.1) is 11.3 Å². The minimum Gasteiger partial charge on any atom is -0.355 e. The number of carbonyl (C=O) groups is 2. The van der Waals surface area contributed by atoms with Crippen LogP contribution in [0.3, 0.4) is 0 Å². The summed E-state index contributed by atoms with van der Waals surface area (Å²) in [5, 5.41) is 11.4. The van der Waals surface area contributed by atoms with E-state index in [4.69, 9.17) is 0 Å². The van der Waals surface area contributed by atoms with E-state index >= 15 is 0 Å². The highest BCUT2D eigenvalue weighted by Crippen LogP contribution is 2.26. The van der Waals surface area contributed by atoms with Crippen molar-refractivity contribution in [2.75, 3.05) is 23.0 Å². The summed E-state index contributed by atoms with van der Waals surface area (Å²) in [6, 6.07) is 20.1. The summed E-state index contributed by atoms with van der Waals surface area (Å²) in [5.41, 5.74) is 5.70. The zero-order valence-corrected chi connectivity index (χ0v) is 16.7. The van der Waals surface area contributed by atoms with Crippen molar-refractivity contribution >= 4 is 34.7 Å². The molecule has 0 saturated heterocycles. The molecule has 0 fully saturated rings. The van der Waals surface area contributed by atoms with Crippen LogP contribution in [0, 0.1) is 13.8 Å². The smallest absolute Gasteiger partial charge is 0.318 e. The van der Waals surface area contributed by atoms with E-state index in [-0.39, 0.29) is 11.9 Å². The van der Waals surface area contributed by atoms with Crippen molar-refractivity contribution in [2.45, 2.75) is 13.8 Å². The molecule has 6 nitrogen and oxygen atoms in total. The highest BCUT2D eigenvalue weighted by atomic mass is 16.2. The maximum Gasteiger partial charge on any atom is 0.318 e. The van der Waals surface area contributed by atoms with E-state index in [1.54, 1.807) is 37.4 Å². The summed E-state index contributed by atoms with van der Waals surface area (Å²) in [4.78, 5) is 24.4. The molecule has 0 aromatic heterocycles. The first-order valence-electron chi connectivity index (χ1n) is 9.30. The van der Waals surface area contributed by atoms with E-state index < -0.39 is 0 Å². The summed E-state index contributed by atoms with van der Waals surface area (Å²) in [7, 11) is 1.54. The van der Waals surface area contributed by atoms with E-state index in [1.165, 1.54) is 5.56 Å². The van der Waals surface area contributed by atoms with E-state index in [0.717, 1.165) is 16.9 Å². The summed E-state index contributed by atoms with van der Waals surface area (Å²) in [6.07, 6.45) is 0. The normalized spacial score (nSPS) is 10.2. The predicted octanol–water partition coefficient (Wildman–Crippen LogP) is 5.05. The van der Waals surface area contributed by atoms with Crippen LogP contribution in [0.5, 0.6) is 0 Å². The van der Waals surface area contributed by atoms with Gasteiger partial charge < -0.3 is 21.3 Å². The van der Waals surface area contributed by atoms with Gasteiger partial charge in [-0.2, -0.15) is 0 Å². The van der Waals surface area contributed by atoms with Crippen molar-refractivity contribution in [1.29, 1.82) is 0 Å². The molecule has 3 rings (SSSR count). The van der Waals surface area contributed by atoms with Gasteiger partial charge in [0.1, 0.15) is 0 Å². The molecule has 0 aliphatic rings. The van der Waals surface area contributed by atoms with Crippen LogP contribution in [0.4, 0.5) is 27.5 Å². The average Bonchev–Trinajstić information content (AvgIpc) is 2.72. The highest BCUT2D eigenvalue weighted by Gasteiger charge is 2.13. The van der Waals surface area contributed by atoms with Crippen LogP contribution in [-0.4, -0.2) is 19.0 Å². The number of rotatable bonds is 5. The molecule has 148 valence electrons. The second kappa shape index (κ2) is 8.93. The van der Waals surface area contributed by atoms with Gasteiger partial charge in [0.25, 0.3) is 5.91 Å². The summed E-state index contributed by atoms with van der Waals surface area (Å²) < 4.78 is 0.